The van der Waals surface area contributed by atoms with Crippen molar-refractivity contribution >= 4 is 22.6 Å². The predicted molar refractivity (Wildman–Crippen MR) is 100 cm³/mol. The number of urea groups is 1. The fourth-order valence-corrected chi connectivity index (χ4v) is 3.59. The number of nitrogens with one attached hydrogen (secondary N) is 2. The van der Waals surface area contributed by atoms with E-state index < -0.39 is 0 Å². The minimum atomic E-state index is -0.135. The van der Waals surface area contributed by atoms with Crippen LogP contribution >= 0.6 is 0 Å². The van der Waals surface area contributed by atoms with E-state index in [-0.39, 0.29) is 17.6 Å². The molecule has 1 aliphatic heterocycles. The average molecular weight is 351 g/mol. The monoisotopic (exact) mass is 351 g/mol. The van der Waals surface area contributed by atoms with Crippen LogP contribution in [0.3, 0.4) is 0 Å². The van der Waals surface area contributed by atoms with Gasteiger partial charge in [-0.25, -0.2) is 4.79 Å². The predicted octanol–water partition coefficient (Wildman–Crippen LogP) is 3.02. The third-order valence-electron chi connectivity index (χ3n) is 5.02. The zero-order chi connectivity index (χ0) is 18.1. The molecule has 3 aromatic rings. The molecule has 7 nitrogen and oxygen atoms in total. The number of amides is 2. The lowest BCUT2D eigenvalue weighted by Crippen LogP contribution is -2.41. The van der Waals surface area contributed by atoms with Gasteiger partial charge in [-0.1, -0.05) is 6.07 Å². The SMILES string of the molecule is Cn1c(=O)ccc2ccc(NC(=O)N3CCCCC3c3ccn[nH]3)cc21. The first kappa shape index (κ1) is 16.4. The van der Waals surface area contributed by atoms with Crippen LogP contribution in [0.2, 0.25) is 0 Å². The smallest absolute Gasteiger partial charge is 0.316 e. The third-order valence-corrected chi connectivity index (χ3v) is 5.02. The van der Waals surface area contributed by atoms with Crippen LogP contribution in [0.15, 0.2) is 47.4 Å². The fourth-order valence-electron chi connectivity index (χ4n) is 3.59. The Balaban J connectivity index is 1.60. The summed E-state index contributed by atoms with van der Waals surface area (Å²) in [6.45, 7) is 0.710. The van der Waals surface area contributed by atoms with E-state index in [1.165, 1.54) is 0 Å². The number of piperidine rings is 1. The van der Waals surface area contributed by atoms with Crippen LogP contribution < -0.4 is 10.9 Å². The molecular formula is C19H21N5O2. The summed E-state index contributed by atoms with van der Waals surface area (Å²) in [7, 11) is 1.73. The first-order valence-corrected chi connectivity index (χ1v) is 8.80. The number of aromatic amines is 1. The molecule has 1 aliphatic rings. The summed E-state index contributed by atoms with van der Waals surface area (Å²) in [6, 6.07) is 10.7. The highest BCUT2D eigenvalue weighted by molar-refractivity contribution is 5.92. The summed E-state index contributed by atoms with van der Waals surface area (Å²) >= 11 is 0. The number of anilines is 1. The second-order valence-electron chi connectivity index (χ2n) is 6.65. The summed E-state index contributed by atoms with van der Waals surface area (Å²) in [5.41, 5.74) is 2.36. The van der Waals surface area contributed by atoms with E-state index in [2.05, 4.69) is 15.5 Å². The number of fused-ring (bicyclic) bond motifs is 1. The number of aromatic nitrogens is 3. The van der Waals surface area contributed by atoms with Gasteiger partial charge < -0.3 is 14.8 Å². The van der Waals surface area contributed by atoms with E-state index in [1.807, 2.05) is 29.2 Å². The second kappa shape index (κ2) is 6.67. The zero-order valence-corrected chi connectivity index (χ0v) is 14.6. The molecule has 4 rings (SSSR count). The Labute approximate surface area is 150 Å². The Kier molecular flexibility index (Phi) is 4.20. The summed E-state index contributed by atoms with van der Waals surface area (Å²) in [4.78, 5) is 26.6. The molecule has 2 N–H and O–H groups in total. The topological polar surface area (TPSA) is 83.0 Å². The van der Waals surface area contributed by atoms with Crippen molar-refractivity contribution in [1.29, 1.82) is 0 Å². The Bertz CT molecular complexity index is 993. The minimum absolute atomic E-state index is 0.0102. The number of benzene rings is 1. The maximum atomic E-state index is 12.9. The fraction of sp³-hybridized carbons (Fsp3) is 0.316. The molecule has 0 bridgehead atoms. The Morgan fingerprint density at radius 2 is 2.08 bits per heavy atom. The number of carbonyl (C=O) groups excluding carboxylic acids is 1. The molecule has 7 heteroatoms. The molecule has 134 valence electrons. The number of pyridine rings is 1. The van der Waals surface area contributed by atoms with Gasteiger partial charge in [0, 0.05) is 31.5 Å². The summed E-state index contributed by atoms with van der Waals surface area (Å²) in [6.07, 6.45) is 4.71. The number of H-pyrrole nitrogens is 1. The first-order valence-electron chi connectivity index (χ1n) is 8.80. The number of aryl methyl sites for hydroxylation is 1. The van der Waals surface area contributed by atoms with E-state index in [4.69, 9.17) is 0 Å². The van der Waals surface area contributed by atoms with Crippen LogP contribution in [0.4, 0.5) is 10.5 Å². The number of hydrogen-bond donors (Lipinski definition) is 2. The number of nitrogens with zero attached hydrogens (tertiary/aromatic N) is 3. The lowest BCUT2D eigenvalue weighted by molar-refractivity contribution is 0.161. The van der Waals surface area contributed by atoms with Crippen molar-refractivity contribution in [3.05, 3.63) is 58.6 Å². The molecule has 0 radical (unpaired) electrons. The van der Waals surface area contributed by atoms with Crippen LogP contribution in [0.5, 0.6) is 0 Å². The standard InChI is InChI=1S/C19H21N5O2/c1-23-17-12-14(7-5-13(17)6-8-18(23)25)21-19(26)24-11-3-2-4-16(24)15-9-10-20-22-15/h5-10,12,16H,2-4,11H2,1H3,(H,20,22)(H,21,26). The third kappa shape index (κ3) is 2.96. The van der Waals surface area contributed by atoms with Gasteiger partial charge in [0.15, 0.2) is 0 Å². The molecule has 0 spiro atoms. The molecule has 2 amide bonds. The van der Waals surface area contributed by atoms with Gasteiger partial charge in [0.1, 0.15) is 0 Å². The molecule has 1 unspecified atom stereocenters. The highest BCUT2D eigenvalue weighted by atomic mass is 16.2. The van der Waals surface area contributed by atoms with Gasteiger partial charge >= 0.3 is 6.03 Å². The molecule has 0 aliphatic carbocycles. The zero-order valence-electron chi connectivity index (χ0n) is 14.6. The van der Waals surface area contributed by atoms with Crippen molar-refractivity contribution in [3.63, 3.8) is 0 Å². The number of hydrogen-bond acceptors (Lipinski definition) is 3. The van der Waals surface area contributed by atoms with Gasteiger partial charge in [0.25, 0.3) is 5.56 Å². The summed E-state index contributed by atoms with van der Waals surface area (Å²) in [5, 5.41) is 10.9. The van der Waals surface area contributed by atoms with E-state index in [0.717, 1.165) is 35.9 Å². The number of rotatable bonds is 2. The lowest BCUT2D eigenvalue weighted by Gasteiger charge is -2.35. The molecule has 3 heterocycles. The molecule has 1 saturated heterocycles. The van der Waals surface area contributed by atoms with Crippen LogP contribution in [0.25, 0.3) is 10.9 Å². The van der Waals surface area contributed by atoms with Gasteiger partial charge in [0.2, 0.25) is 0 Å². The van der Waals surface area contributed by atoms with E-state index in [9.17, 15) is 9.59 Å². The normalized spacial score (nSPS) is 17.4. The van der Waals surface area contributed by atoms with E-state index >= 15 is 0 Å². The molecule has 1 aromatic carbocycles. The van der Waals surface area contributed by atoms with Crippen molar-refractivity contribution in [1.82, 2.24) is 19.7 Å². The molecular weight excluding hydrogens is 330 g/mol. The van der Waals surface area contributed by atoms with E-state index in [1.54, 1.807) is 29.9 Å². The van der Waals surface area contributed by atoms with Gasteiger partial charge in [-0.05, 0) is 48.9 Å². The quantitative estimate of drug-likeness (QED) is 0.744. The van der Waals surface area contributed by atoms with Crippen LogP contribution in [0, 0.1) is 0 Å². The molecule has 1 atom stereocenters. The lowest BCUT2D eigenvalue weighted by atomic mass is 10.00. The van der Waals surface area contributed by atoms with Crippen molar-refractivity contribution < 1.29 is 4.79 Å². The van der Waals surface area contributed by atoms with Crippen LogP contribution in [-0.4, -0.2) is 32.2 Å². The first-order chi connectivity index (χ1) is 12.6. The maximum absolute atomic E-state index is 12.9. The van der Waals surface area contributed by atoms with Crippen molar-refractivity contribution in [2.75, 3.05) is 11.9 Å². The highest BCUT2D eigenvalue weighted by Gasteiger charge is 2.28. The van der Waals surface area contributed by atoms with Crippen LogP contribution in [0.1, 0.15) is 31.0 Å². The summed E-state index contributed by atoms with van der Waals surface area (Å²) < 4.78 is 1.58. The van der Waals surface area contributed by atoms with Gasteiger partial charge in [0.05, 0.1) is 17.3 Å². The molecule has 0 saturated carbocycles. The average Bonchev–Trinajstić information content (AvgIpc) is 3.20. The second-order valence-corrected chi connectivity index (χ2v) is 6.65. The maximum Gasteiger partial charge on any atom is 0.322 e. The largest absolute Gasteiger partial charge is 0.322 e. The Morgan fingerprint density at radius 1 is 1.23 bits per heavy atom. The molecule has 26 heavy (non-hydrogen) atoms. The van der Waals surface area contributed by atoms with Gasteiger partial charge in [-0.15, -0.1) is 0 Å². The molecule has 2 aromatic heterocycles. The Morgan fingerprint density at radius 3 is 2.88 bits per heavy atom. The number of likely N-dealkylation sites (tertiary alicyclic amines) is 1. The Hall–Kier alpha value is -3.09. The molecule has 1 fully saturated rings. The minimum Gasteiger partial charge on any atom is -0.316 e. The van der Waals surface area contributed by atoms with Crippen molar-refractivity contribution in [3.8, 4) is 0 Å². The van der Waals surface area contributed by atoms with E-state index in [0.29, 0.717) is 12.2 Å². The van der Waals surface area contributed by atoms with Gasteiger partial charge in [-0.2, -0.15) is 5.10 Å². The van der Waals surface area contributed by atoms with Crippen LogP contribution in [-0.2, 0) is 7.05 Å². The van der Waals surface area contributed by atoms with Crippen molar-refractivity contribution in [2.45, 2.75) is 25.3 Å². The summed E-state index contributed by atoms with van der Waals surface area (Å²) in [5.74, 6) is 0. The highest BCUT2D eigenvalue weighted by Crippen LogP contribution is 2.30. The number of carbonyl (C=O) groups is 1. The van der Waals surface area contributed by atoms with Gasteiger partial charge in [-0.3, -0.25) is 9.89 Å². The van der Waals surface area contributed by atoms with Crippen molar-refractivity contribution in [2.24, 2.45) is 7.05 Å².